The zero-order valence-corrected chi connectivity index (χ0v) is 11.7. The summed E-state index contributed by atoms with van der Waals surface area (Å²) in [5.41, 5.74) is 2.96. The predicted octanol–water partition coefficient (Wildman–Crippen LogP) is 3.84. The molecule has 2 unspecified atom stereocenters. The number of halogens is 1. The molecule has 1 aromatic carbocycles. The number of hydrogen-bond donors (Lipinski definition) is 1. The van der Waals surface area contributed by atoms with Crippen LogP contribution in [0.15, 0.2) is 12.1 Å². The van der Waals surface area contributed by atoms with E-state index < -0.39 is 0 Å². The smallest absolute Gasteiger partial charge is 0.147 e. The molecule has 2 atom stereocenters. The molecule has 1 aromatic heterocycles. The van der Waals surface area contributed by atoms with Gasteiger partial charge in [-0.3, -0.25) is 0 Å². The van der Waals surface area contributed by atoms with Crippen LogP contribution in [0.25, 0.3) is 10.9 Å². The monoisotopic (exact) mass is 272 g/mol. The number of aromatic amines is 1. The van der Waals surface area contributed by atoms with Crippen molar-refractivity contribution >= 4 is 10.9 Å². The van der Waals surface area contributed by atoms with Crippen LogP contribution in [0.1, 0.15) is 43.2 Å². The number of benzene rings is 1. The molecule has 0 spiro atoms. The minimum atomic E-state index is -0.309. The van der Waals surface area contributed by atoms with Crippen LogP contribution in [0.4, 0.5) is 4.39 Å². The van der Waals surface area contributed by atoms with Crippen LogP contribution in [0.5, 0.6) is 0 Å². The summed E-state index contributed by atoms with van der Waals surface area (Å²) < 4.78 is 19.9. The Morgan fingerprint density at radius 3 is 3.05 bits per heavy atom. The molecule has 1 aliphatic rings. The quantitative estimate of drug-likeness (QED) is 0.903. The van der Waals surface area contributed by atoms with E-state index in [1.807, 2.05) is 0 Å². The molecular formula is C16H17FN2O. The van der Waals surface area contributed by atoms with Crippen LogP contribution < -0.4 is 0 Å². The molecule has 2 heterocycles. The fourth-order valence-electron chi connectivity index (χ4n) is 2.99. The van der Waals surface area contributed by atoms with Gasteiger partial charge >= 0.3 is 0 Å². The molecule has 2 aromatic rings. The summed E-state index contributed by atoms with van der Waals surface area (Å²) in [6.45, 7) is 4.87. The third kappa shape index (κ3) is 1.82. The zero-order chi connectivity index (χ0) is 14.3. The number of aromatic nitrogens is 1. The fourth-order valence-corrected chi connectivity index (χ4v) is 2.99. The number of nitrogens with one attached hydrogen (secondary N) is 1. The van der Waals surface area contributed by atoms with Crippen LogP contribution >= 0.6 is 0 Å². The molecule has 1 aliphatic heterocycles. The SMILES string of the molecule is CCC(C)C1OCCc2c1[nH]c1c(F)ccc(C#N)c21. The third-order valence-corrected chi connectivity index (χ3v) is 4.26. The van der Waals surface area contributed by atoms with E-state index in [-0.39, 0.29) is 11.9 Å². The Kier molecular flexibility index (Phi) is 3.23. The van der Waals surface area contributed by atoms with Crippen LogP contribution in [-0.2, 0) is 11.2 Å². The van der Waals surface area contributed by atoms with Gasteiger partial charge in [-0.05, 0) is 30.0 Å². The lowest BCUT2D eigenvalue weighted by Gasteiger charge is -2.28. The van der Waals surface area contributed by atoms with E-state index in [2.05, 4.69) is 24.9 Å². The lowest BCUT2D eigenvalue weighted by atomic mass is 9.92. The molecule has 104 valence electrons. The Bertz CT molecular complexity index is 699. The Balaban J connectivity index is 2.27. The van der Waals surface area contributed by atoms with Crippen LogP contribution in [0, 0.1) is 23.1 Å². The van der Waals surface area contributed by atoms with Crippen LogP contribution in [-0.4, -0.2) is 11.6 Å². The number of ether oxygens (including phenoxy) is 1. The highest BCUT2D eigenvalue weighted by Crippen LogP contribution is 2.39. The largest absolute Gasteiger partial charge is 0.371 e. The third-order valence-electron chi connectivity index (χ3n) is 4.26. The van der Waals surface area contributed by atoms with Gasteiger partial charge in [-0.2, -0.15) is 5.26 Å². The number of H-pyrrole nitrogens is 1. The Morgan fingerprint density at radius 1 is 1.55 bits per heavy atom. The average Bonchev–Trinajstić information content (AvgIpc) is 2.87. The molecule has 0 amide bonds. The lowest BCUT2D eigenvalue weighted by molar-refractivity contribution is 0.00298. The maximum atomic E-state index is 14.0. The molecule has 0 radical (unpaired) electrons. The highest BCUT2D eigenvalue weighted by atomic mass is 19.1. The fraction of sp³-hybridized carbons (Fsp3) is 0.438. The lowest BCUT2D eigenvalue weighted by Crippen LogP contribution is -2.21. The van der Waals surface area contributed by atoms with E-state index in [1.165, 1.54) is 6.07 Å². The number of hydrogen-bond acceptors (Lipinski definition) is 2. The molecule has 3 rings (SSSR count). The van der Waals surface area contributed by atoms with Crippen molar-refractivity contribution in [3.05, 3.63) is 34.8 Å². The van der Waals surface area contributed by atoms with E-state index in [9.17, 15) is 9.65 Å². The molecular weight excluding hydrogens is 255 g/mol. The zero-order valence-electron chi connectivity index (χ0n) is 11.7. The van der Waals surface area contributed by atoms with Gasteiger partial charge < -0.3 is 9.72 Å². The van der Waals surface area contributed by atoms with Gasteiger partial charge in [0, 0.05) is 11.1 Å². The maximum absolute atomic E-state index is 14.0. The van der Waals surface area contributed by atoms with E-state index in [4.69, 9.17) is 4.74 Å². The molecule has 0 bridgehead atoms. The Hall–Kier alpha value is -1.86. The van der Waals surface area contributed by atoms with Gasteiger partial charge in [-0.1, -0.05) is 20.3 Å². The molecule has 20 heavy (non-hydrogen) atoms. The molecule has 0 aliphatic carbocycles. The first-order valence-corrected chi connectivity index (χ1v) is 7.02. The van der Waals surface area contributed by atoms with Crippen molar-refractivity contribution in [3.63, 3.8) is 0 Å². The van der Waals surface area contributed by atoms with Gasteiger partial charge in [0.15, 0.2) is 0 Å². The first-order chi connectivity index (χ1) is 9.67. The van der Waals surface area contributed by atoms with Crippen molar-refractivity contribution < 1.29 is 9.13 Å². The highest BCUT2D eigenvalue weighted by molar-refractivity contribution is 5.90. The van der Waals surface area contributed by atoms with Crippen LogP contribution in [0.2, 0.25) is 0 Å². The summed E-state index contributed by atoms with van der Waals surface area (Å²) in [7, 11) is 0. The standard InChI is InChI=1S/C16H17FN2O/c1-3-9(2)16-14-11(6-7-20-16)13-10(8-18)4-5-12(17)15(13)19-14/h4-5,9,16,19H,3,6-7H2,1-2H3. The molecule has 0 saturated heterocycles. The molecule has 3 nitrogen and oxygen atoms in total. The summed E-state index contributed by atoms with van der Waals surface area (Å²) in [6, 6.07) is 5.07. The number of nitrogens with zero attached hydrogens (tertiary/aromatic N) is 1. The van der Waals surface area contributed by atoms with E-state index in [0.29, 0.717) is 23.6 Å². The highest BCUT2D eigenvalue weighted by Gasteiger charge is 2.30. The minimum absolute atomic E-state index is 0.0397. The van der Waals surface area contributed by atoms with E-state index >= 15 is 0 Å². The summed E-state index contributed by atoms with van der Waals surface area (Å²) in [5, 5.41) is 9.99. The van der Waals surface area contributed by atoms with Crippen LogP contribution in [0.3, 0.4) is 0 Å². The number of rotatable bonds is 2. The summed E-state index contributed by atoms with van der Waals surface area (Å²) >= 11 is 0. The maximum Gasteiger partial charge on any atom is 0.147 e. The first kappa shape index (κ1) is 13.1. The van der Waals surface area contributed by atoms with Gasteiger partial charge in [0.05, 0.1) is 23.8 Å². The Morgan fingerprint density at radius 2 is 2.35 bits per heavy atom. The van der Waals surface area contributed by atoms with Crippen molar-refractivity contribution in [2.75, 3.05) is 6.61 Å². The Labute approximate surface area is 117 Å². The molecule has 0 saturated carbocycles. The average molecular weight is 272 g/mol. The van der Waals surface area contributed by atoms with Gasteiger partial charge in [0.2, 0.25) is 0 Å². The summed E-state index contributed by atoms with van der Waals surface area (Å²) in [6.07, 6.45) is 1.68. The summed E-state index contributed by atoms with van der Waals surface area (Å²) in [4.78, 5) is 3.17. The number of nitriles is 1. The normalized spacial score (nSPS) is 19.6. The van der Waals surface area contributed by atoms with Crippen molar-refractivity contribution in [1.82, 2.24) is 4.98 Å². The molecule has 1 N–H and O–H groups in total. The second-order valence-corrected chi connectivity index (χ2v) is 5.40. The topological polar surface area (TPSA) is 48.8 Å². The second kappa shape index (κ2) is 4.92. The van der Waals surface area contributed by atoms with Crippen molar-refractivity contribution in [2.45, 2.75) is 32.8 Å². The van der Waals surface area contributed by atoms with E-state index in [0.717, 1.165) is 29.5 Å². The number of fused-ring (bicyclic) bond motifs is 3. The van der Waals surface area contributed by atoms with Crippen molar-refractivity contribution in [1.29, 1.82) is 5.26 Å². The first-order valence-electron chi connectivity index (χ1n) is 7.02. The molecule has 0 fully saturated rings. The predicted molar refractivity (Wildman–Crippen MR) is 74.8 cm³/mol. The van der Waals surface area contributed by atoms with Crippen molar-refractivity contribution in [3.8, 4) is 6.07 Å². The van der Waals surface area contributed by atoms with E-state index in [1.54, 1.807) is 6.07 Å². The molecule has 4 heteroatoms. The van der Waals surface area contributed by atoms with Gasteiger partial charge in [0.1, 0.15) is 11.9 Å². The van der Waals surface area contributed by atoms with Gasteiger partial charge in [-0.15, -0.1) is 0 Å². The van der Waals surface area contributed by atoms with Crippen molar-refractivity contribution in [2.24, 2.45) is 5.92 Å². The summed E-state index contributed by atoms with van der Waals surface area (Å²) in [5.74, 6) is 0.0482. The van der Waals surface area contributed by atoms with Gasteiger partial charge in [-0.25, -0.2) is 4.39 Å². The minimum Gasteiger partial charge on any atom is -0.371 e. The van der Waals surface area contributed by atoms with Gasteiger partial charge in [0.25, 0.3) is 0 Å². The second-order valence-electron chi connectivity index (χ2n) is 5.40.